The van der Waals surface area contributed by atoms with E-state index in [1.807, 2.05) is 36.6 Å². The maximum Gasteiger partial charge on any atom is 0.299 e. The number of rotatable bonds is 9. The first-order valence-electron chi connectivity index (χ1n) is 10.3. The number of likely N-dealkylation sites (N-methyl/N-ethyl adjacent to an activating group) is 1. The zero-order chi connectivity index (χ0) is 23.1. The van der Waals surface area contributed by atoms with E-state index in [4.69, 9.17) is 5.73 Å². The molecule has 0 saturated heterocycles. The number of nitrogens with two attached hydrogens (primary N) is 1. The van der Waals surface area contributed by atoms with Crippen molar-refractivity contribution in [1.29, 1.82) is 0 Å². The number of nitrogen functional groups attached to an aromatic ring is 1. The molecular formula is C23H28N6O2S. The van der Waals surface area contributed by atoms with E-state index < -0.39 is 0 Å². The third-order valence-electron chi connectivity index (χ3n) is 5.04. The highest BCUT2D eigenvalue weighted by Crippen LogP contribution is 2.21. The monoisotopic (exact) mass is 452 g/mol. The number of hydrogen-bond acceptors (Lipinski definition) is 7. The lowest BCUT2D eigenvalue weighted by molar-refractivity contribution is -0.119. The van der Waals surface area contributed by atoms with Crippen LogP contribution >= 0.6 is 11.8 Å². The van der Waals surface area contributed by atoms with Crippen molar-refractivity contribution in [3.63, 3.8) is 0 Å². The van der Waals surface area contributed by atoms with Gasteiger partial charge in [0.15, 0.2) is 11.6 Å². The van der Waals surface area contributed by atoms with E-state index in [-0.39, 0.29) is 23.7 Å². The van der Waals surface area contributed by atoms with Gasteiger partial charge in [-0.3, -0.25) is 14.2 Å². The molecule has 0 fully saturated rings. The zero-order valence-corrected chi connectivity index (χ0v) is 19.3. The molecule has 0 unspecified atom stereocenters. The van der Waals surface area contributed by atoms with Crippen molar-refractivity contribution in [3.05, 3.63) is 75.5 Å². The second-order valence-corrected chi connectivity index (χ2v) is 8.20. The molecule has 0 saturated carbocycles. The molecule has 2 aromatic heterocycles. The van der Waals surface area contributed by atoms with Crippen molar-refractivity contribution in [3.8, 4) is 5.82 Å². The topological polar surface area (TPSA) is 115 Å². The molecule has 0 spiro atoms. The van der Waals surface area contributed by atoms with Gasteiger partial charge in [0.05, 0.1) is 24.0 Å². The van der Waals surface area contributed by atoms with Crippen molar-refractivity contribution in [2.45, 2.75) is 25.5 Å². The number of carbonyl (C=O) groups is 1. The number of nitrogens with one attached hydrogen (secondary N) is 2. The number of hydrogen-bond donors (Lipinski definition) is 3. The van der Waals surface area contributed by atoms with Gasteiger partial charge in [-0.05, 0) is 36.8 Å². The Morgan fingerprint density at radius 2 is 2.00 bits per heavy atom. The lowest BCUT2D eigenvalue weighted by Crippen LogP contribution is -2.28. The fraction of sp³-hybridized carbons (Fsp3) is 0.304. The summed E-state index contributed by atoms with van der Waals surface area (Å²) < 4.78 is 1.51. The fourth-order valence-electron chi connectivity index (χ4n) is 3.33. The molecule has 1 amide bonds. The predicted molar refractivity (Wildman–Crippen MR) is 130 cm³/mol. The van der Waals surface area contributed by atoms with Gasteiger partial charge in [0.2, 0.25) is 5.91 Å². The van der Waals surface area contributed by atoms with E-state index in [1.165, 1.54) is 10.1 Å². The van der Waals surface area contributed by atoms with Crippen LogP contribution in [0.1, 0.15) is 22.5 Å². The summed E-state index contributed by atoms with van der Waals surface area (Å²) in [7, 11) is 1.58. The minimum Gasteiger partial charge on any atom is -0.396 e. The van der Waals surface area contributed by atoms with E-state index in [2.05, 4.69) is 20.6 Å². The molecule has 0 radical (unpaired) electrons. The first kappa shape index (κ1) is 23.3. The van der Waals surface area contributed by atoms with Crippen LogP contribution in [0.5, 0.6) is 0 Å². The van der Waals surface area contributed by atoms with Gasteiger partial charge in [-0.15, -0.1) is 0 Å². The summed E-state index contributed by atoms with van der Waals surface area (Å²) in [6, 6.07) is 11.8. The van der Waals surface area contributed by atoms with Crippen molar-refractivity contribution < 1.29 is 4.79 Å². The first-order valence-corrected chi connectivity index (χ1v) is 11.7. The third-order valence-corrected chi connectivity index (χ3v) is 5.63. The summed E-state index contributed by atoms with van der Waals surface area (Å²) in [5, 5.41) is 5.75. The van der Waals surface area contributed by atoms with Crippen LogP contribution in [0.25, 0.3) is 5.82 Å². The van der Waals surface area contributed by atoms with Gasteiger partial charge < -0.3 is 16.4 Å². The summed E-state index contributed by atoms with van der Waals surface area (Å²) in [6.45, 7) is 2.38. The fourth-order valence-corrected chi connectivity index (χ4v) is 3.83. The van der Waals surface area contributed by atoms with Crippen molar-refractivity contribution >= 4 is 29.2 Å². The Labute approximate surface area is 191 Å². The lowest BCUT2D eigenvalue weighted by atomic mass is 10.1. The molecule has 2 heterocycles. The van der Waals surface area contributed by atoms with Crippen molar-refractivity contribution in [1.82, 2.24) is 19.9 Å². The number of aryl methyl sites for hydroxylation is 1. The summed E-state index contributed by atoms with van der Waals surface area (Å²) >= 11 is 1.58. The van der Waals surface area contributed by atoms with Gasteiger partial charge in [-0.25, -0.2) is 9.97 Å². The number of aromatic nitrogens is 3. The Morgan fingerprint density at radius 1 is 1.25 bits per heavy atom. The number of thioether (sulfide) groups is 1. The average Bonchev–Trinajstić information content (AvgIpc) is 2.79. The molecular weight excluding hydrogens is 424 g/mol. The summed E-state index contributed by atoms with van der Waals surface area (Å²) in [4.78, 5) is 34.1. The Hall–Kier alpha value is -3.33. The van der Waals surface area contributed by atoms with Gasteiger partial charge in [0, 0.05) is 25.0 Å². The van der Waals surface area contributed by atoms with Crippen LogP contribution < -0.4 is 21.9 Å². The molecule has 0 bridgehead atoms. The second-order valence-electron chi connectivity index (χ2n) is 7.33. The number of carbonyl (C=O) groups excluding carboxylic acids is 1. The molecule has 9 heteroatoms. The van der Waals surface area contributed by atoms with Gasteiger partial charge in [-0.1, -0.05) is 30.3 Å². The number of pyridine rings is 1. The largest absolute Gasteiger partial charge is 0.396 e. The molecule has 0 atom stereocenters. The highest BCUT2D eigenvalue weighted by atomic mass is 32.2. The minimum atomic E-state index is -0.303. The first-order chi connectivity index (χ1) is 15.4. The summed E-state index contributed by atoms with van der Waals surface area (Å²) in [6.07, 6.45) is 4.57. The molecule has 3 rings (SSSR count). The van der Waals surface area contributed by atoms with E-state index in [1.54, 1.807) is 38.0 Å². The van der Waals surface area contributed by atoms with Gasteiger partial charge in [0.1, 0.15) is 0 Å². The third kappa shape index (κ3) is 5.47. The smallest absolute Gasteiger partial charge is 0.299 e. The number of nitrogens with zero attached hydrogens (tertiary/aromatic N) is 3. The minimum absolute atomic E-state index is 0.129. The molecule has 0 aliphatic carbocycles. The number of benzene rings is 1. The summed E-state index contributed by atoms with van der Waals surface area (Å²) in [5.74, 6) is 1.05. The molecule has 8 nitrogen and oxygen atoms in total. The maximum atomic E-state index is 13.3. The number of amides is 1. The highest BCUT2D eigenvalue weighted by molar-refractivity contribution is 7.97. The zero-order valence-electron chi connectivity index (χ0n) is 18.5. The second kappa shape index (κ2) is 10.8. The SMILES string of the molecule is CNC(=O)Cc1cc(N)c(-n2c(CSC)cnc(NCCc3ccccc3)c2=O)nc1C. The summed E-state index contributed by atoms with van der Waals surface area (Å²) in [5.41, 5.74) is 9.58. The lowest BCUT2D eigenvalue weighted by Gasteiger charge is -2.17. The Balaban J connectivity index is 1.95. The van der Waals surface area contributed by atoms with E-state index in [0.29, 0.717) is 35.2 Å². The van der Waals surface area contributed by atoms with Crippen molar-refractivity contribution in [2.75, 3.05) is 30.9 Å². The van der Waals surface area contributed by atoms with Crippen LogP contribution in [0.15, 0.2) is 47.4 Å². The molecule has 4 N–H and O–H groups in total. The van der Waals surface area contributed by atoms with E-state index >= 15 is 0 Å². The standard InChI is InChI=1S/C23H28N6O2S/c1-15-17(12-20(30)25-2)11-19(24)22(28-15)29-18(14-32-3)13-27-21(23(29)31)26-10-9-16-7-5-4-6-8-16/h4-8,11,13H,9-10,12,14,24H2,1-3H3,(H,25,30)(H,26,27). The number of anilines is 2. The van der Waals surface area contributed by atoms with E-state index in [0.717, 1.165) is 12.0 Å². The molecule has 168 valence electrons. The predicted octanol–water partition coefficient (Wildman–Crippen LogP) is 2.32. The molecule has 3 aromatic rings. The van der Waals surface area contributed by atoms with Crippen molar-refractivity contribution in [2.24, 2.45) is 0 Å². The van der Waals surface area contributed by atoms with Crippen LogP contribution in [-0.4, -0.2) is 40.3 Å². The molecule has 32 heavy (non-hydrogen) atoms. The van der Waals surface area contributed by atoms with Crippen LogP contribution in [-0.2, 0) is 23.4 Å². The molecule has 1 aromatic carbocycles. The van der Waals surface area contributed by atoms with Crippen LogP contribution in [0.4, 0.5) is 11.5 Å². The molecule has 0 aliphatic rings. The van der Waals surface area contributed by atoms with Crippen LogP contribution in [0, 0.1) is 6.92 Å². The van der Waals surface area contributed by atoms with Gasteiger partial charge in [0.25, 0.3) is 5.56 Å². The maximum absolute atomic E-state index is 13.3. The Kier molecular flexibility index (Phi) is 7.88. The van der Waals surface area contributed by atoms with E-state index in [9.17, 15) is 9.59 Å². The molecule has 0 aliphatic heterocycles. The van der Waals surface area contributed by atoms with Gasteiger partial charge in [-0.2, -0.15) is 11.8 Å². The quantitative estimate of drug-likeness (QED) is 0.456. The Bertz CT molecular complexity index is 1150. The highest BCUT2D eigenvalue weighted by Gasteiger charge is 2.17. The van der Waals surface area contributed by atoms with Crippen LogP contribution in [0.3, 0.4) is 0 Å². The van der Waals surface area contributed by atoms with Crippen LogP contribution in [0.2, 0.25) is 0 Å². The normalized spacial score (nSPS) is 10.7. The average molecular weight is 453 g/mol. The van der Waals surface area contributed by atoms with Gasteiger partial charge >= 0.3 is 0 Å². The Morgan fingerprint density at radius 3 is 2.69 bits per heavy atom.